The molecule has 0 spiro atoms. The number of rotatable bonds is 1. The highest BCUT2D eigenvalue weighted by Crippen LogP contribution is 2.31. The van der Waals surface area contributed by atoms with E-state index in [9.17, 15) is 19.5 Å². The van der Waals surface area contributed by atoms with Gasteiger partial charge in [-0.25, -0.2) is 14.6 Å². The van der Waals surface area contributed by atoms with Gasteiger partial charge < -0.3 is 24.8 Å². The van der Waals surface area contributed by atoms with Crippen molar-refractivity contribution in [3.63, 3.8) is 0 Å². The maximum absolute atomic E-state index is 13.6. The third kappa shape index (κ3) is 5.66. The minimum Gasteiger partial charge on any atom is -0.480 e. The maximum Gasteiger partial charge on any atom is 0.407 e. The van der Waals surface area contributed by atoms with E-state index in [1.54, 1.807) is 6.20 Å². The molecule has 35 heavy (non-hydrogen) atoms. The lowest BCUT2D eigenvalue weighted by Gasteiger charge is -2.34. The molecule has 0 radical (unpaired) electrons. The molecule has 2 N–H and O–H groups in total. The second-order valence-corrected chi connectivity index (χ2v) is 10.4. The van der Waals surface area contributed by atoms with Gasteiger partial charge in [0, 0.05) is 18.0 Å². The van der Waals surface area contributed by atoms with Crippen molar-refractivity contribution in [2.45, 2.75) is 71.1 Å². The number of benzene rings is 1. The highest BCUT2D eigenvalue weighted by Gasteiger charge is 2.46. The van der Waals surface area contributed by atoms with Crippen molar-refractivity contribution in [3.05, 3.63) is 36.0 Å². The van der Waals surface area contributed by atoms with E-state index in [1.165, 1.54) is 4.90 Å². The van der Waals surface area contributed by atoms with Crippen molar-refractivity contribution in [2.24, 2.45) is 5.41 Å². The first-order chi connectivity index (χ1) is 16.6. The highest BCUT2D eigenvalue weighted by atomic mass is 16.5. The summed E-state index contributed by atoms with van der Waals surface area (Å²) < 4.78 is 11.5. The molecule has 0 unspecified atom stereocenters. The first kappa shape index (κ1) is 24.8. The molecule has 1 aromatic heterocycles. The van der Waals surface area contributed by atoms with Gasteiger partial charge >= 0.3 is 12.1 Å². The van der Waals surface area contributed by atoms with Crippen LogP contribution in [0, 0.1) is 5.41 Å². The largest absolute Gasteiger partial charge is 0.480 e. The predicted molar refractivity (Wildman–Crippen MR) is 129 cm³/mol. The number of carbonyl (C=O) groups excluding carboxylic acids is 2. The molecule has 0 saturated carbocycles. The SMILES string of the molecule is CC(C)(C)[C@@H]1NC(=O)OCCCCCc2ccc3ccnc(c3c2)O[C@@H]2C[C@@H](C(=O)O)N(C2)C1=O. The zero-order valence-corrected chi connectivity index (χ0v) is 20.5. The van der Waals surface area contributed by atoms with Gasteiger partial charge in [0.05, 0.1) is 13.2 Å². The number of carboxylic acid groups (broad SMARTS) is 1. The molecule has 1 aromatic carbocycles. The van der Waals surface area contributed by atoms with Crippen LogP contribution in [0.1, 0.15) is 52.0 Å². The van der Waals surface area contributed by atoms with Crippen molar-refractivity contribution in [3.8, 4) is 5.88 Å². The van der Waals surface area contributed by atoms with Gasteiger partial charge in [-0.3, -0.25) is 4.79 Å². The summed E-state index contributed by atoms with van der Waals surface area (Å²) >= 11 is 0. The fourth-order valence-corrected chi connectivity index (χ4v) is 4.70. The number of cyclic esters (lactones) is 1. The Bertz CT molecular complexity index is 1110. The molecule has 2 amide bonds. The van der Waals surface area contributed by atoms with Gasteiger partial charge in [-0.2, -0.15) is 0 Å². The minimum absolute atomic E-state index is 0.0802. The van der Waals surface area contributed by atoms with Crippen LogP contribution >= 0.6 is 0 Å². The average Bonchev–Trinajstić information content (AvgIpc) is 3.22. The molecule has 3 atom stereocenters. The Morgan fingerprint density at radius 3 is 2.71 bits per heavy atom. The van der Waals surface area contributed by atoms with Crippen LogP contribution in [0.3, 0.4) is 0 Å². The molecule has 2 aromatic rings. The first-order valence-corrected chi connectivity index (χ1v) is 12.1. The van der Waals surface area contributed by atoms with Crippen LogP contribution in [0.2, 0.25) is 0 Å². The molecule has 0 aliphatic carbocycles. The number of fused-ring (bicyclic) bond motifs is 3. The molecule has 188 valence electrons. The molecule has 4 bridgehead atoms. The van der Waals surface area contributed by atoms with Gasteiger partial charge in [0.25, 0.3) is 0 Å². The van der Waals surface area contributed by atoms with Gasteiger partial charge in [-0.15, -0.1) is 0 Å². The summed E-state index contributed by atoms with van der Waals surface area (Å²) in [7, 11) is 0. The van der Waals surface area contributed by atoms with E-state index in [4.69, 9.17) is 9.47 Å². The summed E-state index contributed by atoms with van der Waals surface area (Å²) in [5.41, 5.74) is 0.488. The number of aryl methyl sites for hydroxylation is 1. The molecular weight excluding hydrogens is 450 g/mol. The number of carbonyl (C=O) groups is 3. The third-order valence-electron chi connectivity index (χ3n) is 6.62. The molecule has 2 aliphatic heterocycles. The Kier molecular flexibility index (Phi) is 7.14. The van der Waals surface area contributed by atoms with E-state index in [-0.39, 0.29) is 19.6 Å². The van der Waals surface area contributed by atoms with Gasteiger partial charge in [-0.05, 0) is 54.2 Å². The third-order valence-corrected chi connectivity index (χ3v) is 6.62. The van der Waals surface area contributed by atoms with Crippen LogP contribution in [0.5, 0.6) is 5.88 Å². The Balaban J connectivity index is 1.69. The number of amides is 2. The molecule has 9 heteroatoms. The summed E-state index contributed by atoms with van der Waals surface area (Å²) in [6.07, 6.45) is 3.97. The first-order valence-electron chi connectivity index (χ1n) is 12.1. The Morgan fingerprint density at radius 1 is 1.17 bits per heavy atom. The van der Waals surface area contributed by atoms with Gasteiger partial charge in [-0.1, -0.05) is 32.9 Å². The smallest absolute Gasteiger partial charge is 0.407 e. The molecule has 4 rings (SSSR count). The van der Waals surface area contributed by atoms with Crippen molar-refractivity contribution in [1.82, 2.24) is 15.2 Å². The number of aromatic nitrogens is 1. The summed E-state index contributed by atoms with van der Waals surface area (Å²) in [4.78, 5) is 43.8. The highest BCUT2D eigenvalue weighted by molar-refractivity contribution is 5.91. The van der Waals surface area contributed by atoms with Crippen molar-refractivity contribution in [2.75, 3.05) is 13.2 Å². The molecule has 2 aliphatic rings. The fraction of sp³-hybridized carbons (Fsp3) is 0.538. The van der Waals surface area contributed by atoms with Gasteiger partial charge in [0.15, 0.2) is 0 Å². The van der Waals surface area contributed by atoms with E-state index in [0.717, 1.165) is 35.6 Å². The average molecular weight is 484 g/mol. The zero-order chi connectivity index (χ0) is 25.2. The van der Waals surface area contributed by atoms with Crippen molar-refractivity contribution >= 4 is 28.7 Å². The van der Waals surface area contributed by atoms with Crippen LogP contribution in [0.25, 0.3) is 10.8 Å². The number of pyridine rings is 1. The number of hydrogen-bond donors (Lipinski definition) is 2. The summed E-state index contributed by atoms with van der Waals surface area (Å²) in [6, 6.07) is 6.07. The monoisotopic (exact) mass is 483 g/mol. The fourth-order valence-electron chi connectivity index (χ4n) is 4.70. The predicted octanol–water partition coefficient (Wildman–Crippen LogP) is 3.54. The van der Waals surface area contributed by atoms with E-state index in [2.05, 4.69) is 22.4 Å². The molecule has 3 heterocycles. The number of nitrogens with one attached hydrogen (secondary N) is 1. The van der Waals surface area contributed by atoms with Crippen molar-refractivity contribution < 1.29 is 29.0 Å². The molecule has 1 fully saturated rings. The lowest BCUT2D eigenvalue weighted by molar-refractivity contribution is -0.150. The van der Waals surface area contributed by atoms with Crippen LogP contribution in [-0.2, 0) is 20.7 Å². The second-order valence-electron chi connectivity index (χ2n) is 10.4. The van der Waals surface area contributed by atoms with Gasteiger partial charge in [0.1, 0.15) is 18.2 Å². The molecular formula is C26H33N3O6. The molecule has 9 nitrogen and oxygen atoms in total. The topological polar surface area (TPSA) is 118 Å². The number of ether oxygens (including phenoxy) is 2. The number of alkyl carbamates (subject to hydrolysis) is 1. The number of aliphatic carboxylic acids is 1. The maximum atomic E-state index is 13.6. The Labute approximate surface area is 204 Å². The molecule has 1 saturated heterocycles. The Morgan fingerprint density at radius 2 is 1.97 bits per heavy atom. The minimum atomic E-state index is -1.11. The summed E-state index contributed by atoms with van der Waals surface area (Å²) in [5, 5.41) is 14.4. The lowest BCUT2D eigenvalue weighted by atomic mass is 9.85. The summed E-state index contributed by atoms with van der Waals surface area (Å²) in [6.45, 7) is 5.79. The second kappa shape index (κ2) is 10.1. The van der Waals surface area contributed by atoms with Crippen molar-refractivity contribution in [1.29, 1.82) is 0 Å². The van der Waals surface area contributed by atoms with Crippen LogP contribution < -0.4 is 10.1 Å². The normalized spacial score (nSPS) is 24.3. The number of nitrogens with zero attached hydrogens (tertiary/aromatic N) is 2. The number of hydrogen-bond acceptors (Lipinski definition) is 6. The van der Waals surface area contributed by atoms with Gasteiger partial charge in [0.2, 0.25) is 11.8 Å². The van der Waals surface area contributed by atoms with E-state index in [1.807, 2.05) is 32.9 Å². The van der Waals surface area contributed by atoms with Crippen LogP contribution in [-0.4, -0.2) is 64.3 Å². The standard InChI is InChI=1S/C26H33N3O6/c1-26(2,3)21-23(30)29-15-18(14-20(29)24(31)32)35-22-19-13-16(8-9-17(19)10-11-27-22)7-5-4-6-12-34-25(33)28-21/h8-11,13,18,20-21H,4-7,12,14-15H2,1-3H3,(H,28,33)(H,31,32)/t18-,20+,21-/m1/s1. The quantitative estimate of drug-likeness (QED) is 0.637. The van der Waals surface area contributed by atoms with Crippen LogP contribution in [0.4, 0.5) is 4.79 Å². The Hall–Kier alpha value is -3.36. The van der Waals surface area contributed by atoms with E-state index < -0.39 is 41.6 Å². The van der Waals surface area contributed by atoms with E-state index >= 15 is 0 Å². The van der Waals surface area contributed by atoms with Crippen LogP contribution in [0.15, 0.2) is 30.5 Å². The lowest BCUT2D eigenvalue weighted by Crippen LogP contribution is -2.57. The number of carboxylic acids is 1. The zero-order valence-electron chi connectivity index (χ0n) is 20.5. The van der Waals surface area contributed by atoms with E-state index in [0.29, 0.717) is 12.3 Å². The summed E-state index contributed by atoms with van der Waals surface area (Å²) in [5.74, 6) is -1.15.